The SMILES string of the molecule is CC(O)(C(F)F)[C@H](NC(=O)c1ccc(C#CC#Cc2ccc(CO)cc2)cc1)C(=O)NO. The minimum Gasteiger partial charge on any atom is -0.392 e. The number of hydrogen-bond donors (Lipinski definition) is 5. The van der Waals surface area contributed by atoms with Crippen LogP contribution in [0.4, 0.5) is 8.78 Å². The number of rotatable bonds is 6. The lowest BCUT2D eigenvalue weighted by molar-refractivity contribution is -0.149. The third kappa shape index (κ3) is 6.37. The van der Waals surface area contributed by atoms with Crippen molar-refractivity contribution in [2.24, 2.45) is 0 Å². The highest BCUT2D eigenvalue weighted by Gasteiger charge is 2.46. The molecule has 166 valence electrons. The number of carbonyl (C=O) groups excluding carboxylic acids is 2. The van der Waals surface area contributed by atoms with Gasteiger partial charge < -0.3 is 15.5 Å². The first-order valence-corrected chi connectivity index (χ1v) is 9.26. The third-order valence-electron chi connectivity index (χ3n) is 4.43. The van der Waals surface area contributed by atoms with Crippen molar-refractivity contribution in [2.45, 2.75) is 31.6 Å². The van der Waals surface area contributed by atoms with Crippen molar-refractivity contribution in [3.63, 3.8) is 0 Å². The van der Waals surface area contributed by atoms with E-state index in [4.69, 9.17) is 10.3 Å². The average Bonchev–Trinajstić information content (AvgIpc) is 2.80. The third-order valence-corrected chi connectivity index (χ3v) is 4.43. The van der Waals surface area contributed by atoms with Gasteiger partial charge in [-0.05, 0) is 60.7 Å². The normalized spacial score (nSPS) is 13.0. The lowest BCUT2D eigenvalue weighted by Gasteiger charge is -2.30. The highest BCUT2D eigenvalue weighted by Crippen LogP contribution is 2.20. The number of halogens is 2. The zero-order chi connectivity index (χ0) is 23.7. The van der Waals surface area contributed by atoms with Crippen molar-refractivity contribution in [3.8, 4) is 23.7 Å². The molecule has 0 aliphatic heterocycles. The minimum atomic E-state index is -3.36. The van der Waals surface area contributed by atoms with Crippen molar-refractivity contribution in [2.75, 3.05) is 0 Å². The summed E-state index contributed by atoms with van der Waals surface area (Å²) in [5.74, 6) is 8.65. The second-order valence-electron chi connectivity index (χ2n) is 6.84. The molecular weight excluding hydrogens is 422 g/mol. The van der Waals surface area contributed by atoms with Gasteiger partial charge in [-0.25, -0.2) is 14.3 Å². The van der Waals surface area contributed by atoms with E-state index in [1.54, 1.807) is 24.3 Å². The van der Waals surface area contributed by atoms with Crippen molar-refractivity contribution in [1.82, 2.24) is 10.8 Å². The molecule has 9 heteroatoms. The van der Waals surface area contributed by atoms with Gasteiger partial charge in [-0.2, -0.15) is 0 Å². The Morgan fingerprint density at radius 1 is 1.00 bits per heavy atom. The fraction of sp³-hybridized carbons (Fsp3) is 0.217. The molecule has 5 N–H and O–H groups in total. The van der Waals surface area contributed by atoms with Crippen LogP contribution >= 0.6 is 0 Å². The first-order chi connectivity index (χ1) is 15.2. The fourth-order valence-corrected chi connectivity index (χ4v) is 2.49. The summed E-state index contributed by atoms with van der Waals surface area (Å²) in [6.07, 6.45) is -3.36. The van der Waals surface area contributed by atoms with Crippen molar-refractivity contribution < 1.29 is 33.8 Å². The number of alkyl halides is 2. The van der Waals surface area contributed by atoms with Crippen LogP contribution in [0.5, 0.6) is 0 Å². The maximum atomic E-state index is 13.1. The van der Waals surface area contributed by atoms with Crippen molar-refractivity contribution in [3.05, 3.63) is 70.8 Å². The molecule has 0 aliphatic carbocycles. The van der Waals surface area contributed by atoms with Gasteiger partial charge in [0.15, 0.2) is 5.60 Å². The Balaban J connectivity index is 2.08. The van der Waals surface area contributed by atoms with Gasteiger partial charge in [0, 0.05) is 16.7 Å². The molecule has 0 radical (unpaired) electrons. The molecule has 2 aromatic carbocycles. The van der Waals surface area contributed by atoms with Crippen LogP contribution in [0, 0.1) is 23.7 Å². The standard InChI is InChI=1S/C23H20F2N2O5/c1-23(31,22(24)25)19(21(30)27-32)26-20(29)18-12-10-16(11-13-18)5-3-2-4-15-6-8-17(14-28)9-7-15/h6-13,19,22,28,31-32H,14H2,1H3,(H,26,29)(H,27,30)/t19-,23?/m1/s1. The van der Waals surface area contributed by atoms with Gasteiger partial charge in [0.25, 0.3) is 18.2 Å². The lowest BCUT2D eigenvalue weighted by atomic mass is 9.95. The zero-order valence-electron chi connectivity index (χ0n) is 16.9. The Hall–Kier alpha value is -3.76. The van der Waals surface area contributed by atoms with E-state index < -0.39 is 29.9 Å². The van der Waals surface area contributed by atoms with Crippen LogP contribution < -0.4 is 10.8 Å². The summed E-state index contributed by atoms with van der Waals surface area (Å²) in [6.45, 7) is 0.612. The maximum absolute atomic E-state index is 13.1. The quantitative estimate of drug-likeness (QED) is 0.262. The van der Waals surface area contributed by atoms with Gasteiger partial charge in [0.2, 0.25) is 0 Å². The predicted molar refractivity (Wildman–Crippen MR) is 110 cm³/mol. The molecule has 2 rings (SSSR count). The monoisotopic (exact) mass is 442 g/mol. The fourth-order valence-electron chi connectivity index (χ4n) is 2.49. The maximum Gasteiger partial charge on any atom is 0.269 e. The molecular formula is C23H20F2N2O5. The molecule has 1 unspecified atom stereocenters. The van der Waals surface area contributed by atoms with E-state index in [0.29, 0.717) is 12.5 Å². The second kappa shape index (κ2) is 11.0. The topological polar surface area (TPSA) is 119 Å². The van der Waals surface area contributed by atoms with E-state index >= 15 is 0 Å². The molecule has 7 nitrogen and oxygen atoms in total. The summed E-state index contributed by atoms with van der Waals surface area (Å²) < 4.78 is 26.1. The Bertz CT molecular complexity index is 1080. The Morgan fingerprint density at radius 2 is 1.50 bits per heavy atom. The smallest absolute Gasteiger partial charge is 0.269 e. The predicted octanol–water partition coefficient (Wildman–Crippen LogP) is 1.20. The van der Waals surface area contributed by atoms with Crippen molar-refractivity contribution in [1.29, 1.82) is 0 Å². The molecule has 0 saturated carbocycles. The Labute approximate surface area is 183 Å². The molecule has 2 aromatic rings. The van der Waals surface area contributed by atoms with Crippen LogP contribution in [0.3, 0.4) is 0 Å². The molecule has 0 spiro atoms. The molecule has 32 heavy (non-hydrogen) atoms. The van der Waals surface area contributed by atoms with Gasteiger partial charge in [-0.3, -0.25) is 14.8 Å². The van der Waals surface area contributed by atoms with Gasteiger partial charge in [-0.1, -0.05) is 24.0 Å². The van der Waals surface area contributed by atoms with Crippen LogP contribution in [0.2, 0.25) is 0 Å². The molecule has 0 aliphatic rings. The van der Waals surface area contributed by atoms with Crippen LogP contribution in [-0.4, -0.2) is 45.3 Å². The number of aliphatic hydroxyl groups excluding tert-OH is 1. The van der Waals surface area contributed by atoms with E-state index in [9.17, 15) is 23.5 Å². The Kier molecular flexibility index (Phi) is 8.45. The van der Waals surface area contributed by atoms with Gasteiger partial charge in [0.05, 0.1) is 6.61 Å². The molecule has 0 heterocycles. The minimum absolute atomic E-state index is 0.0198. The number of amides is 2. The zero-order valence-corrected chi connectivity index (χ0v) is 16.9. The number of hydrogen-bond acceptors (Lipinski definition) is 5. The molecule has 2 atom stereocenters. The summed E-state index contributed by atoms with van der Waals surface area (Å²) in [5.41, 5.74) is 0.278. The second-order valence-corrected chi connectivity index (χ2v) is 6.84. The number of carbonyl (C=O) groups is 2. The molecule has 0 fully saturated rings. The number of benzene rings is 2. The van der Waals surface area contributed by atoms with E-state index in [1.807, 2.05) is 5.32 Å². The lowest BCUT2D eigenvalue weighted by Crippen LogP contribution is -2.61. The van der Waals surface area contributed by atoms with E-state index in [2.05, 4.69) is 23.7 Å². The Morgan fingerprint density at radius 3 is 1.94 bits per heavy atom. The van der Waals surface area contributed by atoms with E-state index in [1.165, 1.54) is 24.3 Å². The molecule has 0 aromatic heterocycles. The summed E-state index contributed by atoms with van der Waals surface area (Å²) in [7, 11) is 0. The summed E-state index contributed by atoms with van der Waals surface area (Å²) in [5, 5.41) is 29.6. The first-order valence-electron chi connectivity index (χ1n) is 9.26. The number of aliphatic hydroxyl groups is 2. The first kappa shape index (κ1) is 24.5. The molecule has 0 bridgehead atoms. The van der Waals surface area contributed by atoms with Crippen LogP contribution in [0.15, 0.2) is 48.5 Å². The summed E-state index contributed by atoms with van der Waals surface area (Å²) in [4.78, 5) is 24.0. The molecule has 0 saturated heterocycles. The van der Waals surface area contributed by atoms with Crippen LogP contribution in [0.1, 0.15) is 34.0 Å². The largest absolute Gasteiger partial charge is 0.392 e. The summed E-state index contributed by atoms with van der Waals surface area (Å²) >= 11 is 0. The molecule has 2 amide bonds. The van der Waals surface area contributed by atoms with Crippen LogP contribution in [0.25, 0.3) is 0 Å². The number of nitrogens with one attached hydrogen (secondary N) is 2. The summed E-state index contributed by atoms with van der Waals surface area (Å²) in [6, 6.07) is 10.6. The van der Waals surface area contributed by atoms with Crippen LogP contribution in [-0.2, 0) is 11.4 Å². The van der Waals surface area contributed by atoms with E-state index in [-0.39, 0.29) is 12.2 Å². The number of hydroxylamine groups is 1. The highest BCUT2D eigenvalue weighted by atomic mass is 19.3. The highest BCUT2D eigenvalue weighted by molar-refractivity contribution is 5.97. The van der Waals surface area contributed by atoms with Gasteiger partial charge in [0.1, 0.15) is 6.04 Å². The van der Waals surface area contributed by atoms with Crippen molar-refractivity contribution >= 4 is 11.8 Å². The average molecular weight is 442 g/mol. The van der Waals surface area contributed by atoms with E-state index in [0.717, 1.165) is 16.6 Å². The van der Waals surface area contributed by atoms with Gasteiger partial charge >= 0.3 is 0 Å². The van der Waals surface area contributed by atoms with Gasteiger partial charge in [-0.15, -0.1) is 0 Å².